The van der Waals surface area contributed by atoms with Gasteiger partial charge in [0.15, 0.2) is 11.5 Å². The van der Waals surface area contributed by atoms with Crippen molar-refractivity contribution in [2.24, 2.45) is 0 Å². The Hall–Kier alpha value is -3.90. The SMILES string of the molecule is COc1ccc(-n2cc(-c3ccccc3)nc2NC(=O)CN(C[C@@H]2CCCO2)S(=O)(=O)c2ccc(Cl)cc2)cc1OC. The summed E-state index contributed by atoms with van der Waals surface area (Å²) in [6.45, 7) is 0.152. The van der Waals surface area contributed by atoms with E-state index in [1.807, 2.05) is 36.4 Å². The second-order valence-corrected chi connectivity index (χ2v) is 12.0. The molecule has 42 heavy (non-hydrogen) atoms. The van der Waals surface area contributed by atoms with Crippen LogP contribution in [0.2, 0.25) is 5.02 Å². The maximum absolute atomic E-state index is 13.6. The lowest BCUT2D eigenvalue weighted by Gasteiger charge is -2.24. The van der Waals surface area contributed by atoms with Crippen LogP contribution in [0.5, 0.6) is 11.5 Å². The minimum Gasteiger partial charge on any atom is -0.493 e. The van der Waals surface area contributed by atoms with Crippen LogP contribution in [0.3, 0.4) is 0 Å². The van der Waals surface area contributed by atoms with Crippen molar-refractivity contribution in [3.05, 3.63) is 84.0 Å². The van der Waals surface area contributed by atoms with Gasteiger partial charge in [0.2, 0.25) is 21.9 Å². The van der Waals surface area contributed by atoms with Crippen LogP contribution in [0.1, 0.15) is 12.8 Å². The minimum atomic E-state index is -4.03. The molecule has 1 atom stereocenters. The van der Waals surface area contributed by atoms with Gasteiger partial charge >= 0.3 is 0 Å². The predicted octanol–water partition coefficient (Wildman–Crippen LogP) is 5.02. The summed E-state index contributed by atoms with van der Waals surface area (Å²) in [7, 11) is -0.944. The molecule has 2 heterocycles. The van der Waals surface area contributed by atoms with Crippen LogP contribution in [0.4, 0.5) is 5.95 Å². The van der Waals surface area contributed by atoms with Crippen molar-refractivity contribution in [2.75, 3.05) is 39.2 Å². The molecule has 1 fully saturated rings. The van der Waals surface area contributed by atoms with E-state index in [1.54, 1.807) is 30.0 Å². The van der Waals surface area contributed by atoms with E-state index in [0.29, 0.717) is 40.9 Å². The molecule has 0 spiro atoms. The van der Waals surface area contributed by atoms with Crippen LogP contribution in [0.15, 0.2) is 83.9 Å². The van der Waals surface area contributed by atoms with Crippen LogP contribution in [-0.2, 0) is 19.6 Å². The van der Waals surface area contributed by atoms with E-state index in [-0.39, 0.29) is 23.5 Å². The zero-order valence-electron chi connectivity index (χ0n) is 23.2. The Morgan fingerprint density at radius 3 is 2.48 bits per heavy atom. The number of aromatic nitrogens is 2. The number of hydrogen-bond donors (Lipinski definition) is 1. The molecule has 10 nitrogen and oxygen atoms in total. The number of hydrogen-bond acceptors (Lipinski definition) is 7. The van der Waals surface area contributed by atoms with Gasteiger partial charge in [0.1, 0.15) is 0 Å². The van der Waals surface area contributed by atoms with Crippen LogP contribution >= 0.6 is 11.6 Å². The van der Waals surface area contributed by atoms with Crippen LogP contribution in [0.25, 0.3) is 16.9 Å². The third-order valence-corrected chi connectivity index (χ3v) is 8.95. The van der Waals surface area contributed by atoms with Crippen molar-refractivity contribution in [2.45, 2.75) is 23.8 Å². The number of nitrogens with zero attached hydrogens (tertiary/aromatic N) is 3. The highest BCUT2D eigenvalue weighted by Crippen LogP contribution is 2.32. The molecule has 12 heteroatoms. The van der Waals surface area contributed by atoms with Crippen molar-refractivity contribution >= 4 is 33.5 Å². The average molecular weight is 611 g/mol. The van der Waals surface area contributed by atoms with Crippen molar-refractivity contribution in [1.82, 2.24) is 13.9 Å². The number of carbonyl (C=O) groups is 1. The molecule has 1 saturated heterocycles. The fourth-order valence-corrected chi connectivity index (χ4v) is 6.29. The molecular formula is C30H31ClN4O6S. The zero-order chi connectivity index (χ0) is 29.7. The van der Waals surface area contributed by atoms with Crippen LogP contribution < -0.4 is 14.8 Å². The number of nitrogens with one attached hydrogen (secondary N) is 1. The number of benzene rings is 3. The van der Waals surface area contributed by atoms with E-state index >= 15 is 0 Å². The van der Waals surface area contributed by atoms with E-state index < -0.39 is 22.5 Å². The van der Waals surface area contributed by atoms with Gasteiger partial charge in [0.25, 0.3) is 0 Å². The first-order valence-electron chi connectivity index (χ1n) is 13.3. The highest BCUT2D eigenvalue weighted by Gasteiger charge is 2.31. The third-order valence-electron chi connectivity index (χ3n) is 6.87. The number of imidazole rings is 1. The molecule has 0 unspecified atom stereocenters. The molecule has 4 aromatic rings. The average Bonchev–Trinajstić information content (AvgIpc) is 3.67. The summed E-state index contributed by atoms with van der Waals surface area (Å²) in [6, 6.07) is 20.7. The summed E-state index contributed by atoms with van der Waals surface area (Å²) in [5.74, 6) is 0.705. The first-order valence-corrected chi connectivity index (χ1v) is 15.1. The van der Waals surface area contributed by atoms with E-state index in [0.717, 1.165) is 16.3 Å². The van der Waals surface area contributed by atoms with E-state index in [9.17, 15) is 13.2 Å². The lowest BCUT2D eigenvalue weighted by atomic mass is 10.2. The molecule has 0 radical (unpaired) electrons. The fraction of sp³-hybridized carbons (Fsp3) is 0.267. The molecule has 5 rings (SSSR count). The lowest BCUT2D eigenvalue weighted by molar-refractivity contribution is -0.116. The Bertz CT molecular complexity index is 1640. The molecule has 1 N–H and O–H groups in total. The Morgan fingerprint density at radius 2 is 1.81 bits per heavy atom. The Kier molecular flexibility index (Phi) is 9.12. The highest BCUT2D eigenvalue weighted by atomic mass is 35.5. The monoisotopic (exact) mass is 610 g/mol. The molecule has 1 aliphatic heterocycles. The maximum Gasteiger partial charge on any atom is 0.243 e. The number of carbonyl (C=O) groups excluding carboxylic acids is 1. The Balaban J connectivity index is 1.47. The van der Waals surface area contributed by atoms with E-state index in [4.69, 9.17) is 25.8 Å². The Morgan fingerprint density at radius 1 is 1.07 bits per heavy atom. The molecule has 1 aromatic heterocycles. The predicted molar refractivity (Wildman–Crippen MR) is 160 cm³/mol. The Labute approximate surface area is 249 Å². The molecule has 220 valence electrons. The quantitative estimate of drug-likeness (QED) is 0.254. The summed E-state index contributed by atoms with van der Waals surface area (Å²) in [5.41, 5.74) is 2.12. The van der Waals surface area contributed by atoms with Crippen molar-refractivity contribution in [3.63, 3.8) is 0 Å². The van der Waals surface area contributed by atoms with Crippen LogP contribution in [-0.4, -0.2) is 68.2 Å². The number of halogens is 1. The number of rotatable bonds is 11. The summed E-state index contributed by atoms with van der Waals surface area (Å²) in [6.07, 6.45) is 3.02. The van der Waals surface area contributed by atoms with Crippen LogP contribution in [0, 0.1) is 0 Å². The first kappa shape index (κ1) is 29.6. The maximum atomic E-state index is 13.6. The van der Waals surface area contributed by atoms with E-state index in [2.05, 4.69) is 10.3 Å². The summed E-state index contributed by atoms with van der Waals surface area (Å²) >= 11 is 5.98. The van der Waals surface area contributed by atoms with Gasteiger partial charge in [-0.2, -0.15) is 4.31 Å². The molecule has 1 aliphatic rings. The normalized spacial score (nSPS) is 15.1. The van der Waals surface area contributed by atoms with Gasteiger partial charge in [-0.25, -0.2) is 13.4 Å². The van der Waals surface area contributed by atoms with Gasteiger partial charge in [-0.3, -0.25) is 14.7 Å². The molecule has 3 aromatic carbocycles. The molecular weight excluding hydrogens is 580 g/mol. The van der Waals surface area contributed by atoms with Gasteiger partial charge in [-0.05, 0) is 49.2 Å². The molecule has 0 bridgehead atoms. The largest absolute Gasteiger partial charge is 0.493 e. The van der Waals surface area contributed by atoms with Gasteiger partial charge in [-0.15, -0.1) is 0 Å². The topological polar surface area (TPSA) is 112 Å². The second-order valence-electron chi connectivity index (χ2n) is 9.66. The second kappa shape index (κ2) is 13.0. The van der Waals surface area contributed by atoms with Gasteiger partial charge in [0, 0.05) is 36.0 Å². The van der Waals surface area contributed by atoms with Gasteiger partial charge in [-0.1, -0.05) is 41.9 Å². The van der Waals surface area contributed by atoms with E-state index in [1.165, 1.54) is 31.4 Å². The van der Waals surface area contributed by atoms with Gasteiger partial charge in [0.05, 0.1) is 43.1 Å². The minimum absolute atomic E-state index is 0.0379. The summed E-state index contributed by atoms with van der Waals surface area (Å²) in [5, 5.41) is 3.24. The number of methoxy groups -OCH3 is 2. The standard InChI is InChI=1S/C30H31ClN4O6S/c1-39-27-15-12-23(17-28(27)40-2)35-19-26(21-7-4-3-5-8-21)32-30(35)33-29(36)20-34(18-24-9-6-16-41-24)42(37,38)25-13-10-22(31)11-14-25/h3-5,7-8,10-15,17,19,24H,6,9,16,18,20H2,1-2H3,(H,32,33,36)/t24-/m0/s1. The number of anilines is 1. The van der Waals surface area contributed by atoms with Crippen molar-refractivity contribution in [1.29, 1.82) is 0 Å². The summed E-state index contributed by atoms with van der Waals surface area (Å²) in [4.78, 5) is 18.2. The molecule has 0 aliphatic carbocycles. The van der Waals surface area contributed by atoms with Crippen molar-refractivity contribution < 1.29 is 27.4 Å². The highest BCUT2D eigenvalue weighted by molar-refractivity contribution is 7.89. The third kappa shape index (κ3) is 6.60. The smallest absolute Gasteiger partial charge is 0.243 e. The number of amides is 1. The fourth-order valence-electron chi connectivity index (χ4n) is 4.73. The molecule has 1 amide bonds. The molecule has 0 saturated carbocycles. The van der Waals surface area contributed by atoms with Crippen molar-refractivity contribution in [3.8, 4) is 28.4 Å². The zero-order valence-corrected chi connectivity index (χ0v) is 24.8. The number of ether oxygens (including phenoxy) is 3. The summed E-state index contributed by atoms with van der Waals surface area (Å²) < 4.78 is 46.7. The van der Waals surface area contributed by atoms with Gasteiger partial charge < -0.3 is 14.2 Å². The lowest BCUT2D eigenvalue weighted by Crippen LogP contribution is -2.42. The number of sulfonamides is 1. The first-order chi connectivity index (χ1) is 20.3.